The normalized spacial score (nSPS) is 10.6. The van der Waals surface area contributed by atoms with Crippen molar-refractivity contribution in [1.29, 1.82) is 0 Å². The van der Waals surface area contributed by atoms with Crippen molar-refractivity contribution in [3.8, 4) is 23.0 Å². The van der Waals surface area contributed by atoms with E-state index in [9.17, 15) is 9.59 Å². The lowest BCUT2D eigenvalue weighted by Crippen LogP contribution is -1.93. The molecule has 0 saturated carbocycles. The van der Waals surface area contributed by atoms with Gasteiger partial charge in [-0.25, -0.2) is 0 Å². The maximum atomic E-state index is 11.5. The van der Waals surface area contributed by atoms with Crippen molar-refractivity contribution >= 4 is 22.3 Å². The Hall–Kier alpha value is -3.92. The van der Waals surface area contributed by atoms with Gasteiger partial charge in [0.05, 0.1) is 0 Å². The monoisotopic (exact) mass is 396 g/mol. The minimum atomic E-state index is 0.0184. The zero-order chi connectivity index (χ0) is 21.1. The van der Waals surface area contributed by atoms with Crippen molar-refractivity contribution in [2.75, 3.05) is 0 Å². The zero-order valence-corrected chi connectivity index (χ0v) is 16.7. The third-order valence-electron chi connectivity index (χ3n) is 4.82. The van der Waals surface area contributed by atoms with Gasteiger partial charge in [-0.3, -0.25) is 9.59 Å². The van der Waals surface area contributed by atoms with Crippen molar-refractivity contribution in [3.05, 3.63) is 96.1 Å². The third-order valence-corrected chi connectivity index (χ3v) is 4.82. The van der Waals surface area contributed by atoms with E-state index in [0.29, 0.717) is 34.1 Å². The average Bonchev–Trinajstić information content (AvgIpc) is 2.75. The molecule has 30 heavy (non-hydrogen) atoms. The van der Waals surface area contributed by atoms with Gasteiger partial charge in [-0.05, 0) is 74.5 Å². The zero-order valence-electron chi connectivity index (χ0n) is 16.7. The van der Waals surface area contributed by atoms with Crippen LogP contribution >= 0.6 is 0 Å². The largest absolute Gasteiger partial charge is 0.457 e. The number of carbonyl (C=O) groups excluding carboxylic acids is 2. The molecule has 0 saturated heterocycles. The highest BCUT2D eigenvalue weighted by molar-refractivity contribution is 5.95. The van der Waals surface area contributed by atoms with Crippen molar-refractivity contribution < 1.29 is 19.1 Å². The van der Waals surface area contributed by atoms with Gasteiger partial charge in [0.2, 0.25) is 0 Å². The van der Waals surface area contributed by atoms with E-state index in [1.54, 1.807) is 48.5 Å². The summed E-state index contributed by atoms with van der Waals surface area (Å²) in [5.74, 6) is 2.73. The molecule has 4 aromatic rings. The molecule has 0 unspecified atom stereocenters. The summed E-state index contributed by atoms with van der Waals surface area (Å²) in [5, 5.41) is 1.82. The fraction of sp³-hybridized carbons (Fsp3) is 0.0769. The lowest BCUT2D eigenvalue weighted by molar-refractivity contribution is 0.100. The van der Waals surface area contributed by atoms with Crippen LogP contribution in [0, 0.1) is 0 Å². The Morgan fingerprint density at radius 1 is 0.533 bits per heavy atom. The Labute approximate surface area is 174 Å². The predicted octanol–water partition coefficient (Wildman–Crippen LogP) is 6.83. The summed E-state index contributed by atoms with van der Waals surface area (Å²) >= 11 is 0. The smallest absolute Gasteiger partial charge is 0.159 e. The van der Waals surface area contributed by atoms with Crippen LogP contribution < -0.4 is 9.47 Å². The third kappa shape index (κ3) is 4.08. The van der Waals surface area contributed by atoms with Gasteiger partial charge in [-0.1, -0.05) is 24.3 Å². The molecule has 0 fully saturated rings. The molecule has 0 radical (unpaired) electrons. The van der Waals surface area contributed by atoms with Crippen LogP contribution in [0.3, 0.4) is 0 Å². The topological polar surface area (TPSA) is 52.6 Å². The van der Waals surface area contributed by atoms with E-state index < -0.39 is 0 Å². The van der Waals surface area contributed by atoms with Gasteiger partial charge in [0, 0.05) is 21.9 Å². The Bertz CT molecular complexity index is 1120. The first-order valence-electron chi connectivity index (χ1n) is 9.61. The maximum absolute atomic E-state index is 11.5. The van der Waals surface area contributed by atoms with Gasteiger partial charge >= 0.3 is 0 Å². The molecule has 0 aliphatic rings. The molecular formula is C26H20O4. The number of Topliss-reactive ketones (excluding diaryl/α,β-unsaturated/α-hetero) is 2. The summed E-state index contributed by atoms with van der Waals surface area (Å²) in [6.07, 6.45) is 0. The summed E-state index contributed by atoms with van der Waals surface area (Å²) < 4.78 is 12.1. The van der Waals surface area contributed by atoms with Crippen LogP contribution in [-0.4, -0.2) is 11.6 Å². The number of hydrogen-bond acceptors (Lipinski definition) is 4. The molecule has 0 aliphatic carbocycles. The van der Waals surface area contributed by atoms with Crippen molar-refractivity contribution in [3.63, 3.8) is 0 Å². The standard InChI is InChI=1S/C26H20O4/c1-17(27)19-9-13-21(14-10-19)29-25-7-3-6-24-23(25)5-4-8-26(24)30-22-15-11-20(12-16-22)18(2)28/h3-16H,1-2H3. The average molecular weight is 396 g/mol. The van der Waals surface area contributed by atoms with E-state index in [2.05, 4.69) is 0 Å². The van der Waals surface area contributed by atoms with Crippen LogP contribution in [0.4, 0.5) is 0 Å². The number of hydrogen-bond donors (Lipinski definition) is 0. The van der Waals surface area contributed by atoms with Crippen molar-refractivity contribution in [1.82, 2.24) is 0 Å². The second-order valence-corrected chi connectivity index (χ2v) is 6.97. The van der Waals surface area contributed by atoms with Crippen molar-refractivity contribution in [2.24, 2.45) is 0 Å². The van der Waals surface area contributed by atoms with E-state index in [0.717, 1.165) is 10.8 Å². The first-order chi connectivity index (χ1) is 14.5. The Morgan fingerprint density at radius 3 is 1.23 bits per heavy atom. The van der Waals surface area contributed by atoms with E-state index in [4.69, 9.17) is 9.47 Å². The quantitative estimate of drug-likeness (QED) is 0.335. The van der Waals surface area contributed by atoms with Crippen LogP contribution in [0.25, 0.3) is 10.8 Å². The number of ether oxygens (including phenoxy) is 2. The molecule has 0 bridgehead atoms. The summed E-state index contributed by atoms with van der Waals surface area (Å²) in [6.45, 7) is 3.07. The lowest BCUT2D eigenvalue weighted by Gasteiger charge is -2.13. The number of carbonyl (C=O) groups is 2. The van der Waals surface area contributed by atoms with Crippen LogP contribution in [0.2, 0.25) is 0 Å². The first kappa shape index (κ1) is 19.4. The molecule has 4 aromatic carbocycles. The highest BCUT2D eigenvalue weighted by atomic mass is 16.5. The van der Waals surface area contributed by atoms with Gasteiger partial charge < -0.3 is 9.47 Å². The molecule has 4 rings (SSSR count). The molecular weight excluding hydrogens is 376 g/mol. The Kier molecular flexibility index (Phi) is 5.31. The fourth-order valence-corrected chi connectivity index (χ4v) is 3.20. The number of fused-ring (bicyclic) bond motifs is 1. The second-order valence-electron chi connectivity index (χ2n) is 6.97. The molecule has 0 aliphatic heterocycles. The Balaban J connectivity index is 1.64. The summed E-state index contributed by atoms with van der Waals surface area (Å²) in [7, 11) is 0. The van der Waals surface area contributed by atoms with Crippen LogP contribution in [0.1, 0.15) is 34.6 Å². The van der Waals surface area contributed by atoms with Crippen molar-refractivity contribution in [2.45, 2.75) is 13.8 Å². The van der Waals surface area contributed by atoms with Gasteiger partial charge in [0.25, 0.3) is 0 Å². The minimum absolute atomic E-state index is 0.0184. The van der Waals surface area contributed by atoms with Gasteiger partial charge in [0.1, 0.15) is 23.0 Å². The van der Waals surface area contributed by atoms with E-state index in [1.165, 1.54) is 13.8 Å². The molecule has 0 atom stereocenters. The molecule has 0 amide bonds. The number of rotatable bonds is 6. The summed E-state index contributed by atoms with van der Waals surface area (Å²) in [6, 6.07) is 25.7. The highest BCUT2D eigenvalue weighted by Crippen LogP contribution is 2.36. The molecule has 148 valence electrons. The SMILES string of the molecule is CC(=O)c1ccc(Oc2cccc3c(Oc4ccc(C(C)=O)cc4)cccc23)cc1. The maximum Gasteiger partial charge on any atom is 0.159 e. The van der Waals surface area contributed by atoms with E-state index in [1.807, 2.05) is 36.4 Å². The van der Waals surface area contributed by atoms with Gasteiger partial charge in [-0.2, -0.15) is 0 Å². The summed E-state index contributed by atoms with van der Waals surface area (Å²) in [4.78, 5) is 22.9. The molecule has 4 nitrogen and oxygen atoms in total. The number of benzene rings is 4. The van der Waals surface area contributed by atoms with Crippen LogP contribution in [0.5, 0.6) is 23.0 Å². The molecule has 0 aromatic heterocycles. The van der Waals surface area contributed by atoms with Gasteiger partial charge in [0.15, 0.2) is 11.6 Å². The van der Waals surface area contributed by atoms with Gasteiger partial charge in [-0.15, -0.1) is 0 Å². The van der Waals surface area contributed by atoms with Crippen LogP contribution in [0.15, 0.2) is 84.9 Å². The lowest BCUT2D eigenvalue weighted by atomic mass is 10.1. The Morgan fingerprint density at radius 2 is 0.900 bits per heavy atom. The van der Waals surface area contributed by atoms with E-state index >= 15 is 0 Å². The number of ketones is 2. The van der Waals surface area contributed by atoms with Crippen LogP contribution in [-0.2, 0) is 0 Å². The second kappa shape index (κ2) is 8.21. The van der Waals surface area contributed by atoms with E-state index in [-0.39, 0.29) is 11.6 Å². The fourth-order valence-electron chi connectivity index (χ4n) is 3.20. The molecule has 0 heterocycles. The molecule has 0 spiro atoms. The minimum Gasteiger partial charge on any atom is -0.457 e. The molecule has 0 N–H and O–H groups in total. The first-order valence-corrected chi connectivity index (χ1v) is 9.61. The predicted molar refractivity (Wildman–Crippen MR) is 117 cm³/mol. The summed E-state index contributed by atoms with van der Waals surface area (Å²) in [5.41, 5.74) is 1.29. The molecule has 4 heteroatoms. The highest BCUT2D eigenvalue weighted by Gasteiger charge is 2.10.